The third-order valence-corrected chi connectivity index (χ3v) is 2.38. The molecule has 2 rings (SSSR count). The summed E-state index contributed by atoms with van der Waals surface area (Å²) < 4.78 is 10.4. The lowest BCUT2D eigenvalue weighted by atomic mass is 10.1. The van der Waals surface area contributed by atoms with E-state index in [9.17, 15) is 4.79 Å². The Morgan fingerprint density at radius 3 is 2.93 bits per heavy atom. The average molecular weight is 230 g/mol. The standard InChI is InChI=1S/C9H8ClNO4/c10-7-1-5(3-15-11)8-9(6(7)2-12)14-4-13-8/h1-2H,3-4,11H2. The largest absolute Gasteiger partial charge is 0.453 e. The molecule has 0 radical (unpaired) electrons. The predicted octanol–water partition coefficient (Wildman–Crippen LogP) is 1.27. The molecule has 80 valence electrons. The smallest absolute Gasteiger partial charge is 0.231 e. The highest BCUT2D eigenvalue weighted by Gasteiger charge is 2.24. The van der Waals surface area contributed by atoms with E-state index in [1.807, 2.05) is 0 Å². The molecule has 0 aliphatic carbocycles. The van der Waals surface area contributed by atoms with Crippen molar-refractivity contribution in [3.8, 4) is 11.5 Å². The van der Waals surface area contributed by atoms with Crippen LogP contribution in [0.25, 0.3) is 0 Å². The van der Waals surface area contributed by atoms with E-state index in [0.29, 0.717) is 28.4 Å². The van der Waals surface area contributed by atoms with Gasteiger partial charge in [0.2, 0.25) is 6.79 Å². The first-order valence-electron chi connectivity index (χ1n) is 4.15. The zero-order valence-corrected chi connectivity index (χ0v) is 8.41. The number of hydrogen-bond donors (Lipinski definition) is 1. The summed E-state index contributed by atoms with van der Waals surface area (Å²) in [7, 11) is 0. The first-order valence-corrected chi connectivity index (χ1v) is 4.53. The monoisotopic (exact) mass is 229 g/mol. The Hall–Kier alpha value is -1.30. The van der Waals surface area contributed by atoms with Crippen LogP contribution in [-0.4, -0.2) is 13.1 Å². The molecule has 1 aromatic rings. The minimum Gasteiger partial charge on any atom is -0.453 e. The summed E-state index contributed by atoms with van der Waals surface area (Å²) in [5, 5.41) is 0.293. The molecule has 5 nitrogen and oxygen atoms in total. The van der Waals surface area contributed by atoms with Crippen LogP contribution < -0.4 is 15.4 Å². The topological polar surface area (TPSA) is 70.8 Å². The number of ether oxygens (including phenoxy) is 2. The summed E-state index contributed by atoms with van der Waals surface area (Å²) in [6.45, 7) is 0.207. The van der Waals surface area contributed by atoms with Gasteiger partial charge in [0, 0.05) is 5.56 Å². The Bertz CT molecular complexity index is 408. The van der Waals surface area contributed by atoms with Crippen LogP contribution in [0, 0.1) is 0 Å². The van der Waals surface area contributed by atoms with E-state index in [1.54, 1.807) is 6.07 Å². The van der Waals surface area contributed by atoms with Gasteiger partial charge in [0.1, 0.15) is 0 Å². The number of halogens is 1. The quantitative estimate of drug-likeness (QED) is 0.624. The molecule has 0 saturated heterocycles. The molecule has 1 aliphatic heterocycles. The molecule has 0 spiro atoms. The van der Waals surface area contributed by atoms with E-state index in [-0.39, 0.29) is 19.0 Å². The fourth-order valence-electron chi connectivity index (χ4n) is 1.43. The van der Waals surface area contributed by atoms with Gasteiger partial charge in [-0.15, -0.1) is 0 Å². The van der Waals surface area contributed by atoms with Crippen molar-refractivity contribution in [3.05, 3.63) is 22.2 Å². The van der Waals surface area contributed by atoms with E-state index in [0.717, 1.165) is 0 Å². The van der Waals surface area contributed by atoms with Crippen LogP contribution in [0.15, 0.2) is 6.07 Å². The predicted molar refractivity (Wildman–Crippen MR) is 51.9 cm³/mol. The Morgan fingerprint density at radius 1 is 1.53 bits per heavy atom. The fourth-order valence-corrected chi connectivity index (χ4v) is 1.69. The lowest BCUT2D eigenvalue weighted by molar-refractivity contribution is 0.111. The maximum atomic E-state index is 10.8. The van der Waals surface area contributed by atoms with Gasteiger partial charge in [-0.3, -0.25) is 9.63 Å². The van der Waals surface area contributed by atoms with Crippen LogP contribution in [0.1, 0.15) is 15.9 Å². The van der Waals surface area contributed by atoms with E-state index < -0.39 is 0 Å². The molecule has 0 saturated carbocycles. The highest BCUT2D eigenvalue weighted by molar-refractivity contribution is 6.33. The number of hydrogen-bond acceptors (Lipinski definition) is 5. The summed E-state index contributed by atoms with van der Waals surface area (Å²) in [5.41, 5.74) is 0.936. The molecule has 1 heterocycles. The van der Waals surface area contributed by atoms with Gasteiger partial charge in [0.05, 0.1) is 17.2 Å². The molecular formula is C9H8ClNO4. The maximum Gasteiger partial charge on any atom is 0.231 e. The highest BCUT2D eigenvalue weighted by Crippen LogP contribution is 2.41. The highest BCUT2D eigenvalue weighted by atomic mass is 35.5. The van der Waals surface area contributed by atoms with Crippen molar-refractivity contribution in [2.24, 2.45) is 5.90 Å². The first kappa shape index (κ1) is 10.2. The van der Waals surface area contributed by atoms with Crippen LogP contribution in [0.5, 0.6) is 11.5 Å². The number of nitrogens with two attached hydrogens (primary N) is 1. The van der Waals surface area contributed by atoms with Gasteiger partial charge in [-0.05, 0) is 6.07 Å². The molecule has 1 aliphatic rings. The number of fused-ring (bicyclic) bond motifs is 1. The average Bonchev–Trinajstić information content (AvgIpc) is 2.67. The van der Waals surface area contributed by atoms with E-state index in [1.165, 1.54) is 0 Å². The van der Waals surface area contributed by atoms with Gasteiger partial charge >= 0.3 is 0 Å². The van der Waals surface area contributed by atoms with Crippen molar-refractivity contribution in [3.63, 3.8) is 0 Å². The minimum atomic E-state index is 0.0636. The summed E-state index contributed by atoms with van der Waals surface area (Å²) in [4.78, 5) is 15.3. The van der Waals surface area contributed by atoms with Crippen LogP contribution >= 0.6 is 11.6 Å². The zero-order valence-electron chi connectivity index (χ0n) is 7.66. The van der Waals surface area contributed by atoms with E-state index in [4.69, 9.17) is 27.0 Å². The van der Waals surface area contributed by atoms with Crippen molar-refractivity contribution in [2.75, 3.05) is 6.79 Å². The lowest BCUT2D eigenvalue weighted by Crippen LogP contribution is -2.01. The van der Waals surface area contributed by atoms with E-state index >= 15 is 0 Å². The molecule has 6 heteroatoms. The third kappa shape index (κ3) is 1.65. The number of benzene rings is 1. The van der Waals surface area contributed by atoms with Crippen molar-refractivity contribution in [2.45, 2.75) is 6.61 Å². The molecule has 0 bridgehead atoms. The minimum absolute atomic E-state index is 0.0636. The molecule has 0 amide bonds. The molecule has 0 aromatic heterocycles. The van der Waals surface area contributed by atoms with Crippen molar-refractivity contribution >= 4 is 17.9 Å². The van der Waals surface area contributed by atoms with Gasteiger partial charge in [-0.2, -0.15) is 0 Å². The second-order valence-corrected chi connectivity index (χ2v) is 3.33. The van der Waals surface area contributed by atoms with Crippen LogP contribution in [0.4, 0.5) is 0 Å². The number of rotatable bonds is 3. The summed E-state index contributed by atoms with van der Waals surface area (Å²) >= 11 is 5.89. The second kappa shape index (κ2) is 4.06. The van der Waals surface area contributed by atoms with Gasteiger partial charge in [-0.25, -0.2) is 5.90 Å². The van der Waals surface area contributed by atoms with Crippen LogP contribution in [0.3, 0.4) is 0 Å². The van der Waals surface area contributed by atoms with Crippen molar-refractivity contribution < 1.29 is 19.1 Å². The number of carbonyl (C=O) groups excluding carboxylic acids is 1. The van der Waals surface area contributed by atoms with Crippen LogP contribution in [-0.2, 0) is 11.4 Å². The van der Waals surface area contributed by atoms with Gasteiger partial charge < -0.3 is 9.47 Å². The molecule has 0 fully saturated rings. The zero-order chi connectivity index (χ0) is 10.8. The second-order valence-electron chi connectivity index (χ2n) is 2.92. The van der Waals surface area contributed by atoms with E-state index in [2.05, 4.69) is 4.84 Å². The molecule has 0 unspecified atom stereocenters. The SMILES string of the molecule is NOCc1cc(Cl)c(C=O)c2c1OCO2. The lowest BCUT2D eigenvalue weighted by Gasteiger charge is -2.07. The third-order valence-electron chi connectivity index (χ3n) is 2.06. The van der Waals surface area contributed by atoms with Crippen molar-refractivity contribution in [1.29, 1.82) is 0 Å². The van der Waals surface area contributed by atoms with Gasteiger partial charge in [0.25, 0.3) is 0 Å². The Morgan fingerprint density at radius 2 is 2.27 bits per heavy atom. The van der Waals surface area contributed by atoms with Crippen molar-refractivity contribution in [1.82, 2.24) is 0 Å². The molecular weight excluding hydrogens is 222 g/mol. The summed E-state index contributed by atoms with van der Waals surface area (Å²) in [6.07, 6.45) is 0.628. The summed E-state index contributed by atoms with van der Waals surface area (Å²) in [6, 6.07) is 1.58. The van der Waals surface area contributed by atoms with Crippen LogP contribution in [0.2, 0.25) is 5.02 Å². The molecule has 0 atom stereocenters. The normalized spacial score (nSPS) is 12.9. The Labute approximate surface area is 90.6 Å². The maximum absolute atomic E-state index is 10.8. The first-order chi connectivity index (χ1) is 7.27. The number of carbonyl (C=O) groups is 1. The Balaban J connectivity index is 2.57. The van der Waals surface area contributed by atoms with Gasteiger partial charge in [0.15, 0.2) is 17.8 Å². The van der Waals surface area contributed by atoms with Gasteiger partial charge in [-0.1, -0.05) is 11.6 Å². The summed E-state index contributed by atoms with van der Waals surface area (Å²) in [5.74, 6) is 5.78. The number of aldehydes is 1. The molecule has 15 heavy (non-hydrogen) atoms. The molecule has 2 N–H and O–H groups in total. The Kier molecular flexibility index (Phi) is 2.77. The fraction of sp³-hybridized carbons (Fsp3) is 0.222. The molecule has 1 aromatic carbocycles.